The second-order valence-corrected chi connectivity index (χ2v) is 5.33. The lowest BCUT2D eigenvalue weighted by Crippen LogP contribution is -2.40. The van der Waals surface area contributed by atoms with E-state index in [2.05, 4.69) is 21.8 Å². The van der Waals surface area contributed by atoms with Crippen molar-refractivity contribution in [1.82, 2.24) is 9.97 Å². The summed E-state index contributed by atoms with van der Waals surface area (Å²) in [5.41, 5.74) is 0. The normalized spacial score (nSPS) is 24.1. The number of ether oxygens (including phenoxy) is 1. The van der Waals surface area contributed by atoms with Crippen LogP contribution in [0.25, 0.3) is 0 Å². The molecule has 2 unspecified atom stereocenters. The fourth-order valence-electron chi connectivity index (χ4n) is 2.14. The molecule has 18 heavy (non-hydrogen) atoms. The summed E-state index contributed by atoms with van der Waals surface area (Å²) in [4.78, 5) is 11.0. The van der Waals surface area contributed by atoms with Crippen molar-refractivity contribution in [2.24, 2.45) is 5.92 Å². The third-order valence-corrected chi connectivity index (χ3v) is 3.85. The fraction of sp³-hybridized carbons (Fsp3) is 0.692. The van der Waals surface area contributed by atoms with Gasteiger partial charge in [0, 0.05) is 19.2 Å². The highest BCUT2D eigenvalue weighted by atomic mass is 35.5. The zero-order valence-corrected chi connectivity index (χ0v) is 11.9. The standard InChI is InChI=1S/C13H20ClN3O/c1-4-18-13-7-12(15-10(3)16-13)17-6-5-9(2)11(14)8-17/h7,9,11H,4-6,8H2,1-3H3. The minimum atomic E-state index is 0.185. The topological polar surface area (TPSA) is 38.2 Å². The van der Waals surface area contributed by atoms with Crippen LogP contribution >= 0.6 is 11.6 Å². The van der Waals surface area contributed by atoms with E-state index in [0.29, 0.717) is 18.4 Å². The first-order valence-electron chi connectivity index (χ1n) is 6.47. The number of hydrogen-bond donors (Lipinski definition) is 0. The van der Waals surface area contributed by atoms with Crippen LogP contribution in [0.1, 0.15) is 26.1 Å². The van der Waals surface area contributed by atoms with Crippen molar-refractivity contribution in [2.45, 2.75) is 32.6 Å². The second-order valence-electron chi connectivity index (χ2n) is 4.77. The molecular formula is C13H20ClN3O. The van der Waals surface area contributed by atoms with E-state index in [-0.39, 0.29) is 5.38 Å². The lowest BCUT2D eigenvalue weighted by atomic mass is 9.99. The number of aromatic nitrogens is 2. The van der Waals surface area contributed by atoms with Crippen LogP contribution in [0.15, 0.2) is 6.07 Å². The van der Waals surface area contributed by atoms with Gasteiger partial charge in [0.1, 0.15) is 11.6 Å². The number of alkyl halides is 1. The van der Waals surface area contributed by atoms with Crippen molar-refractivity contribution < 1.29 is 4.74 Å². The molecule has 1 aromatic rings. The molecule has 1 fully saturated rings. The molecule has 2 heterocycles. The molecule has 2 rings (SSSR count). The van der Waals surface area contributed by atoms with Gasteiger partial charge in [0.05, 0.1) is 12.0 Å². The van der Waals surface area contributed by atoms with Crippen LogP contribution in [0.3, 0.4) is 0 Å². The van der Waals surface area contributed by atoms with Crippen LogP contribution in [0.4, 0.5) is 5.82 Å². The molecule has 5 heteroatoms. The summed E-state index contributed by atoms with van der Waals surface area (Å²) >= 11 is 6.34. The third kappa shape index (κ3) is 3.05. The summed E-state index contributed by atoms with van der Waals surface area (Å²) in [6.45, 7) is 8.49. The number of rotatable bonds is 3. The number of aryl methyl sites for hydroxylation is 1. The maximum atomic E-state index is 6.34. The highest BCUT2D eigenvalue weighted by Crippen LogP contribution is 2.26. The van der Waals surface area contributed by atoms with Gasteiger partial charge in [0.2, 0.25) is 5.88 Å². The Bertz CT molecular complexity index is 413. The number of hydrogen-bond acceptors (Lipinski definition) is 4. The SMILES string of the molecule is CCOc1cc(N2CCC(C)C(Cl)C2)nc(C)n1. The molecule has 0 aliphatic carbocycles. The molecular weight excluding hydrogens is 250 g/mol. The van der Waals surface area contributed by atoms with E-state index in [1.165, 1.54) is 0 Å². The molecule has 2 atom stereocenters. The van der Waals surface area contributed by atoms with Crippen molar-refractivity contribution >= 4 is 17.4 Å². The molecule has 100 valence electrons. The molecule has 1 saturated heterocycles. The van der Waals surface area contributed by atoms with Crippen molar-refractivity contribution in [3.8, 4) is 5.88 Å². The zero-order valence-electron chi connectivity index (χ0n) is 11.2. The number of piperidine rings is 1. The Balaban J connectivity index is 2.17. The van der Waals surface area contributed by atoms with E-state index < -0.39 is 0 Å². The molecule has 0 aromatic carbocycles. The summed E-state index contributed by atoms with van der Waals surface area (Å²) in [5.74, 6) is 2.87. The number of anilines is 1. The quantitative estimate of drug-likeness (QED) is 0.791. The van der Waals surface area contributed by atoms with E-state index in [4.69, 9.17) is 16.3 Å². The van der Waals surface area contributed by atoms with Gasteiger partial charge < -0.3 is 9.64 Å². The van der Waals surface area contributed by atoms with E-state index in [0.717, 1.165) is 31.2 Å². The summed E-state index contributed by atoms with van der Waals surface area (Å²) in [6.07, 6.45) is 1.10. The van der Waals surface area contributed by atoms with Crippen molar-refractivity contribution in [2.75, 3.05) is 24.6 Å². The highest BCUT2D eigenvalue weighted by molar-refractivity contribution is 6.21. The Kier molecular flexibility index (Phi) is 4.27. The molecule has 0 N–H and O–H groups in total. The van der Waals surface area contributed by atoms with Crippen LogP contribution in [-0.2, 0) is 0 Å². The average Bonchev–Trinajstić information content (AvgIpc) is 2.32. The third-order valence-electron chi connectivity index (χ3n) is 3.28. The number of halogens is 1. The predicted molar refractivity (Wildman–Crippen MR) is 73.6 cm³/mol. The summed E-state index contributed by atoms with van der Waals surface area (Å²) in [7, 11) is 0. The van der Waals surface area contributed by atoms with Crippen LogP contribution in [0, 0.1) is 12.8 Å². The summed E-state index contributed by atoms with van der Waals surface area (Å²) in [5, 5.41) is 0.185. The van der Waals surface area contributed by atoms with Crippen LogP contribution < -0.4 is 9.64 Å². The summed E-state index contributed by atoms with van der Waals surface area (Å²) < 4.78 is 5.46. The monoisotopic (exact) mass is 269 g/mol. The first-order chi connectivity index (χ1) is 8.60. The summed E-state index contributed by atoms with van der Waals surface area (Å²) in [6, 6.07) is 1.90. The molecule has 4 nitrogen and oxygen atoms in total. The van der Waals surface area contributed by atoms with Gasteiger partial charge in [-0.25, -0.2) is 4.98 Å². The van der Waals surface area contributed by atoms with Crippen molar-refractivity contribution in [1.29, 1.82) is 0 Å². The molecule has 0 amide bonds. The van der Waals surface area contributed by atoms with E-state index >= 15 is 0 Å². The second kappa shape index (κ2) is 5.74. The Morgan fingerprint density at radius 2 is 2.28 bits per heavy atom. The number of nitrogens with zero attached hydrogens (tertiary/aromatic N) is 3. The lowest BCUT2D eigenvalue weighted by Gasteiger charge is -2.34. The Morgan fingerprint density at radius 1 is 1.50 bits per heavy atom. The van der Waals surface area contributed by atoms with Gasteiger partial charge >= 0.3 is 0 Å². The Morgan fingerprint density at radius 3 is 2.94 bits per heavy atom. The van der Waals surface area contributed by atoms with Gasteiger partial charge in [-0.15, -0.1) is 11.6 Å². The maximum absolute atomic E-state index is 6.34. The van der Waals surface area contributed by atoms with Crippen molar-refractivity contribution in [3.05, 3.63) is 11.9 Å². The molecule has 0 spiro atoms. The molecule has 0 saturated carbocycles. The molecule has 1 aliphatic rings. The Labute approximate surface area is 113 Å². The van der Waals surface area contributed by atoms with Gasteiger partial charge in [-0.05, 0) is 26.2 Å². The first-order valence-corrected chi connectivity index (χ1v) is 6.91. The van der Waals surface area contributed by atoms with Crippen molar-refractivity contribution in [3.63, 3.8) is 0 Å². The zero-order chi connectivity index (χ0) is 13.1. The molecule has 1 aliphatic heterocycles. The van der Waals surface area contributed by atoms with Crippen LogP contribution in [0.5, 0.6) is 5.88 Å². The van der Waals surface area contributed by atoms with E-state index in [1.54, 1.807) is 0 Å². The minimum absolute atomic E-state index is 0.185. The van der Waals surface area contributed by atoms with Gasteiger partial charge in [-0.1, -0.05) is 6.92 Å². The van der Waals surface area contributed by atoms with Crippen LogP contribution in [0.2, 0.25) is 0 Å². The van der Waals surface area contributed by atoms with Gasteiger partial charge in [0.25, 0.3) is 0 Å². The van der Waals surface area contributed by atoms with Gasteiger partial charge in [-0.2, -0.15) is 4.98 Å². The predicted octanol–water partition coefficient (Wildman–Crippen LogP) is 2.64. The largest absolute Gasteiger partial charge is 0.478 e. The van der Waals surface area contributed by atoms with Crippen LogP contribution in [-0.4, -0.2) is 35.0 Å². The average molecular weight is 270 g/mol. The molecule has 0 radical (unpaired) electrons. The first kappa shape index (κ1) is 13.4. The van der Waals surface area contributed by atoms with E-state index in [9.17, 15) is 0 Å². The molecule has 1 aromatic heterocycles. The highest BCUT2D eigenvalue weighted by Gasteiger charge is 2.25. The van der Waals surface area contributed by atoms with E-state index in [1.807, 2.05) is 19.9 Å². The van der Waals surface area contributed by atoms with Gasteiger partial charge in [0.15, 0.2) is 0 Å². The lowest BCUT2D eigenvalue weighted by molar-refractivity contribution is 0.325. The van der Waals surface area contributed by atoms with Gasteiger partial charge in [-0.3, -0.25) is 0 Å². The smallest absolute Gasteiger partial charge is 0.218 e. The molecule has 0 bridgehead atoms. The fourth-order valence-corrected chi connectivity index (χ4v) is 2.43. The maximum Gasteiger partial charge on any atom is 0.218 e. The minimum Gasteiger partial charge on any atom is -0.478 e. The Hall–Kier alpha value is -1.03.